The Morgan fingerprint density at radius 3 is 2.11 bits per heavy atom. The van der Waals surface area contributed by atoms with E-state index in [1.54, 1.807) is 14.2 Å². The van der Waals surface area contributed by atoms with Crippen LogP contribution in [0.3, 0.4) is 0 Å². The van der Waals surface area contributed by atoms with Crippen LogP contribution in [0.1, 0.15) is 30.9 Å². The quantitative estimate of drug-likeness (QED) is 0.884. The molecule has 1 aromatic rings. The molecule has 19 heavy (non-hydrogen) atoms. The molecule has 0 aromatic heterocycles. The largest absolute Gasteiger partial charge is 0.496 e. The van der Waals surface area contributed by atoms with Gasteiger partial charge in [0.25, 0.3) is 0 Å². The third-order valence-electron chi connectivity index (χ3n) is 4.84. The first-order chi connectivity index (χ1) is 9.28. The maximum atomic E-state index is 5.55. The molecule has 2 aliphatic rings. The summed E-state index contributed by atoms with van der Waals surface area (Å²) in [5.41, 5.74) is 1.18. The predicted octanol–water partition coefficient (Wildman–Crippen LogP) is 3.01. The SMILES string of the molecule is CNC(c1c(OC)cccc1OC)C1CC2CC2C1. The van der Waals surface area contributed by atoms with Gasteiger partial charge in [-0.25, -0.2) is 0 Å². The zero-order valence-corrected chi connectivity index (χ0v) is 12.0. The van der Waals surface area contributed by atoms with Gasteiger partial charge in [0, 0.05) is 6.04 Å². The summed E-state index contributed by atoms with van der Waals surface area (Å²) in [6.45, 7) is 0. The normalized spacial score (nSPS) is 29.7. The van der Waals surface area contributed by atoms with Crippen molar-refractivity contribution in [1.29, 1.82) is 0 Å². The van der Waals surface area contributed by atoms with E-state index in [0.717, 1.165) is 23.3 Å². The first kappa shape index (κ1) is 12.8. The molecular weight excluding hydrogens is 238 g/mol. The number of benzene rings is 1. The summed E-state index contributed by atoms with van der Waals surface area (Å²) in [7, 11) is 5.51. The van der Waals surface area contributed by atoms with Crippen LogP contribution in [0.15, 0.2) is 18.2 Å². The number of rotatable bonds is 5. The van der Waals surface area contributed by atoms with E-state index in [9.17, 15) is 0 Å². The molecule has 2 saturated carbocycles. The Balaban J connectivity index is 1.93. The summed E-state index contributed by atoms with van der Waals surface area (Å²) in [6, 6.07) is 6.37. The lowest BCUT2D eigenvalue weighted by Gasteiger charge is -2.27. The summed E-state index contributed by atoms with van der Waals surface area (Å²) < 4.78 is 11.1. The fourth-order valence-electron chi connectivity index (χ4n) is 3.84. The van der Waals surface area contributed by atoms with Crippen LogP contribution >= 0.6 is 0 Å². The summed E-state index contributed by atoms with van der Waals surface area (Å²) in [5, 5.41) is 3.49. The highest BCUT2D eigenvalue weighted by Gasteiger charge is 2.48. The van der Waals surface area contributed by atoms with E-state index in [2.05, 4.69) is 5.32 Å². The van der Waals surface area contributed by atoms with Crippen molar-refractivity contribution in [3.05, 3.63) is 23.8 Å². The number of hydrogen-bond donors (Lipinski definition) is 1. The Hall–Kier alpha value is -1.22. The van der Waals surface area contributed by atoms with E-state index in [1.807, 2.05) is 25.2 Å². The van der Waals surface area contributed by atoms with Crippen molar-refractivity contribution in [1.82, 2.24) is 5.32 Å². The van der Waals surface area contributed by atoms with Crippen molar-refractivity contribution in [2.45, 2.75) is 25.3 Å². The van der Waals surface area contributed by atoms with E-state index in [4.69, 9.17) is 9.47 Å². The van der Waals surface area contributed by atoms with Crippen LogP contribution in [0, 0.1) is 17.8 Å². The molecule has 3 unspecified atom stereocenters. The lowest BCUT2D eigenvalue weighted by Crippen LogP contribution is -2.25. The van der Waals surface area contributed by atoms with Gasteiger partial charge in [-0.05, 0) is 56.2 Å². The Morgan fingerprint density at radius 1 is 1.05 bits per heavy atom. The lowest BCUT2D eigenvalue weighted by atomic mass is 9.88. The van der Waals surface area contributed by atoms with Gasteiger partial charge in [-0.1, -0.05) is 6.07 Å². The Kier molecular flexibility index (Phi) is 3.40. The van der Waals surface area contributed by atoms with E-state index >= 15 is 0 Å². The summed E-state index contributed by atoms with van der Waals surface area (Å²) in [6.07, 6.45) is 4.14. The van der Waals surface area contributed by atoms with E-state index in [1.165, 1.54) is 24.8 Å². The highest BCUT2D eigenvalue weighted by molar-refractivity contribution is 5.47. The lowest BCUT2D eigenvalue weighted by molar-refractivity contribution is 0.322. The fourth-order valence-corrected chi connectivity index (χ4v) is 3.84. The van der Waals surface area contributed by atoms with Crippen LogP contribution in [0.5, 0.6) is 11.5 Å². The number of fused-ring (bicyclic) bond motifs is 1. The molecule has 0 spiro atoms. The van der Waals surface area contributed by atoms with Crippen LogP contribution in [0.2, 0.25) is 0 Å². The molecule has 1 aromatic carbocycles. The van der Waals surface area contributed by atoms with Crippen LogP contribution < -0.4 is 14.8 Å². The van der Waals surface area contributed by atoms with Crippen LogP contribution in [0.4, 0.5) is 0 Å². The van der Waals surface area contributed by atoms with Crippen LogP contribution in [-0.2, 0) is 0 Å². The Labute approximate surface area is 115 Å². The van der Waals surface area contributed by atoms with Gasteiger partial charge >= 0.3 is 0 Å². The van der Waals surface area contributed by atoms with Crippen molar-refractivity contribution in [2.75, 3.05) is 21.3 Å². The minimum Gasteiger partial charge on any atom is -0.496 e. The van der Waals surface area contributed by atoms with Gasteiger partial charge in [-0.3, -0.25) is 0 Å². The van der Waals surface area contributed by atoms with E-state index in [-0.39, 0.29) is 0 Å². The van der Waals surface area contributed by atoms with Gasteiger partial charge in [-0.15, -0.1) is 0 Å². The molecule has 2 fully saturated rings. The third kappa shape index (κ3) is 2.20. The monoisotopic (exact) mass is 261 g/mol. The molecule has 3 atom stereocenters. The number of nitrogens with one attached hydrogen (secondary N) is 1. The van der Waals surface area contributed by atoms with Gasteiger partial charge in [0.1, 0.15) is 11.5 Å². The second-order valence-electron chi connectivity index (χ2n) is 5.83. The average molecular weight is 261 g/mol. The van der Waals surface area contributed by atoms with Crippen LogP contribution in [0.25, 0.3) is 0 Å². The van der Waals surface area contributed by atoms with Crippen molar-refractivity contribution >= 4 is 0 Å². The van der Waals surface area contributed by atoms with Gasteiger partial charge in [-0.2, -0.15) is 0 Å². The molecule has 2 aliphatic carbocycles. The molecule has 3 heteroatoms. The minimum absolute atomic E-state index is 0.332. The first-order valence-electron chi connectivity index (χ1n) is 7.16. The van der Waals surface area contributed by atoms with E-state index in [0.29, 0.717) is 12.0 Å². The van der Waals surface area contributed by atoms with Crippen molar-refractivity contribution in [2.24, 2.45) is 17.8 Å². The second kappa shape index (κ2) is 5.04. The molecule has 3 nitrogen and oxygen atoms in total. The maximum Gasteiger partial charge on any atom is 0.127 e. The minimum atomic E-state index is 0.332. The molecule has 0 aliphatic heterocycles. The number of ether oxygens (including phenoxy) is 2. The van der Waals surface area contributed by atoms with Crippen LogP contribution in [-0.4, -0.2) is 21.3 Å². The zero-order chi connectivity index (χ0) is 13.4. The van der Waals surface area contributed by atoms with Gasteiger partial charge in [0.2, 0.25) is 0 Å². The van der Waals surface area contributed by atoms with Gasteiger partial charge in [0.15, 0.2) is 0 Å². The molecule has 0 saturated heterocycles. The summed E-state index contributed by atoms with van der Waals surface area (Å²) in [4.78, 5) is 0. The number of methoxy groups -OCH3 is 2. The summed E-state index contributed by atoms with van der Waals surface area (Å²) in [5.74, 6) is 4.54. The topological polar surface area (TPSA) is 30.5 Å². The third-order valence-corrected chi connectivity index (χ3v) is 4.84. The van der Waals surface area contributed by atoms with E-state index < -0.39 is 0 Å². The molecule has 0 radical (unpaired) electrons. The molecular formula is C16H23NO2. The van der Waals surface area contributed by atoms with Gasteiger partial charge < -0.3 is 14.8 Å². The smallest absolute Gasteiger partial charge is 0.127 e. The maximum absolute atomic E-state index is 5.55. The van der Waals surface area contributed by atoms with Crippen molar-refractivity contribution in [3.63, 3.8) is 0 Å². The fraction of sp³-hybridized carbons (Fsp3) is 0.625. The molecule has 104 valence electrons. The van der Waals surface area contributed by atoms with Crippen molar-refractivity contribution in [3.8, 4) is 11.5 Å². The predicted molar refractivity (Wildman–Crippen MR) is 75.7 cm³/mol. The molecule has 0 bridgehead atoms. The Bertz CT molecular complexity index is 428. The van der Waals surface area contributed by atoms with Gasteiger partial charge in [0.05, 0.1) is 19.8 Å². The Morgan fingerprint density at radius 2 is 1.63 bits per heavy atom. The second-order valence-corrected chi connectivity index (χ2v) is 5.83. The molecule has 3 rings (SSSR count). The highest BCUT2D eigenvalue weighted by atomic mass is 16.5. The molecule has 0 amide bonds. The number of hydrogen-bond acceptors (Lipinski definition) is 3. The zero-order valence-electron chi connectivity index (χ0n) is 12.0. The van der Waals surface area contributed by atoms with Crippen molar-refractivity contribution < 1.29 is 9.47 Å². The molecule has 0 heterocycles. The standard InChI is InChI=1S/C16H23NO2/c1-17-16(12-8-10-7-11(10)9-12)15-13(18-2)5-4-6-14(15)19-3/h4-6,10-12,16-17H,7-9H2,1-3H3. The first-order valence-corrected chi connectivity index (χ1v) is 7.16. The average Bonchev–Trinajstić information content (AvgIpc) is 3.06. The molecule has 1 N–H and O–H groups in total. The highest BCUT2D eigenvalue weighted by Crippen LogP contribution is 2.58. The summed E-state index contributed by atoms with van der Waals surface area (Å²) >= 11 is 0.